The highest BCUT2D eigenvalue weighted by molar-refractivity contribution is 9.10. The normalized spacial score (nSPS) is 32.4. The summed E-state index contributed by atoms with van der Waals surface area (Å²) < 4.78 is 1.07. The molecule has 3 aromatic rings. The van der Waals surface area contributed by atoms with E-state index >= 15 is 0 Å². The van der Waals surface area contributed by atoms with Gasteiger partial charge in [-0.2, -0.15) is 0 Å². The van der Waals surface area contributed by atoms with Crippen molar-refractivity contribution in [1.29, 1.82) is 0 Å². The van der Waals surface area contributed by atoms with E-state index in [1.807, 2.05) is 24.3 Å². The largest absolute Gasteiger partial charge is 0.508 e. The van der Waals surface area contributed by atoms with Crippen LogP contribution in [0.15, 0.2) is 59.1 Å². The van der Waals surface area contributed by atoms with Gasteiger partial charge in [0, 0.05) is 15.5 Å². The fourth-order valence-electron chi connectivity index (χ4n) is 7.33. The van der Waals surface area contributed by atoms with Gasteiger partial charge in [0.1, 0.15) is 11.4 Å². The summed E-state index contributed by atoms with van der Waals surface area (Å²) in [7, 11) is 0. The van der Waals surface area contributed by atoms with Gasteiger partial charge in [-0.25, -0.2) is 0 Å². The SMILES string of the molecule is C[C@]12CC[C@@H]3c4ccc(O)cc4CC[C@H]3[C@@H]1CC[C@@]2(O)C#Cc1ccc(Br)c2ccccc12. The maximum absolute atomic E-state index is 11.9. The van der Waals surface area contributed by atoms with Gasteiger partial charge in [-0.15, -0.1) is 0 Å². The van der Waals surface area contributed by atoms with Gasteiger partial charge < -0.3 is 10.2 Å². The van der Waals surface area contributed by atoms with E-state index in [0.29, 0.717) is 23.5 Å². The number of hydrogen-bond donors (Lipinski definition) is 2. The predicted molar refractivity (Wildman–Crippen MR) is 136 cm³/mol. The first-order valence-corrected chi connectivity index (χ1v) is 12.9. The molecule has 33 heavy (non-hydrogen) atoms. The van der Waals surface area contributed by atoms with Crippen LogP contribution in [0.4, 0.5) is 0 Å². The van der Waals surface area contributed by atoms with Gasteiger partial charge in [-0.3, -0.25) is 0 Å². The van der Waals surface area contributed by atoms with Crippen LogP contribution in [0.2, 0.25) is 0 Å². The lowest BCUT2D eigenvalue weighted by atomic mass is 9.53. The van der Waals surface area contributed by atoms with Gasteiger partial charge in [0.25, 0.3) is 0 Å². The van der Waals surface area contributed by atoms with E-state index in [1.165, 1.54) is 11.1 Å². The van der Waals surface area contributed by atoms with Crippen molar-refractivity contribution in [3.8, 4) is 17.6 Å². The first-order valence-electron chi connectivity index (χ1n) is 12.1. The third kappa shape index (κ3) is 3.18. The van der Waals surface area contributed by atoms with Gasteiger partial charge in [0.15, 0.2) is 0 Å². The molecule has 2 nitrogen and oxygen atoms in total. The topological polar surface area (TPSA) is 40.5 Å². The minimum absolute atomic E-state index is 0.180. The van der Waals surface area contributed by atoms with Crippen LogP contribution in [0, 0.1) is 29.1 Å². The highest BCUT2D eigenvalue weighted by atomic mass is 79.9. The Morgan fingerprint density at radius 3 is 2.64 bits per heavy atom. The molecule has 2 saturated carbocycles. The van der Waals surface area contributed by atoms with E-state index < -0.39 is 5.60 Å². The Bertz CT molecular complexity index is 1320. The molecule has 0 aliphatic heterocycles. The molecule has 0 aromatic heterocycles. The van der Waals surface area contributed by atoms with E-state index in [0.717, 1.165) is 59.3 Å². The number of phenols is 1. The third-order valence-corrected chi connectivity index (χ3v) is 9.83. The van der Waals surface area contributed by atoms with Gasteiger partial charge in [0.05, 0.1) is 0 Å². The Hall–Kier alpha value is -2.28. The average Bonchev–Trinajstić information content (AvgIpc) is 3.09. The van der Waals surface area contributed by atoms with Crippen LogP contribution in [0.1, 0.15) is 61.6 Å². The average molecular weight is 501 g/mol. The van der Waals surface area contributed by atoms with Crippen LogP contribution >= 0.6 is 15.9 Å². The van der Waals surface area contributed by atoms with Crippen molar-refractivity contribution in [2.24, 2.45) is 17.3 Å². The molecular formula is C30H29BrO2. The number of benzene rings is 3. The Kier molecular flexibility index (Phi) is 4.91. The lowest BCUT2D eigenvalue weighted by Gasteiger charge is -2.52. The van der Waals surface area contributed by atoms with Crippen LogP contribution in [-0.4, -0.2) is 15.8 Å². The zero-order valence-corrected chi connectivity index (χ0v) is 20.5. The van der Waals surface area contributed by atoms with Crippen molar-refractivity contribution >= 4 is 26.7 Å². The third-order valence-electron chi connectivity index (χ3n) is 9.14. The minimum atomic E-state index is -0.952. The van der Waals surface area contributed by atoms with Crippen molar-refractivity contribution in [1.82, 2.24) is 0 Å². The fraction of sp³-hybridized carbons (Fsp3) is 0.400. The van der Waals surface area contributed by atoms with E-state index in [-0.39, 0.29) is 5.41 Å². The summed E-state index contributed by atoms with van der Waals surface area (Å²) in [5.74, 6) is 8.79. The van der Waals surface area contributed by atoms with Crippen LogP contribution in [-0.2, 0) is 6.42 Å². The number of aromatic hydroxyl groups is 1. The molecular weight excluding hydrogens is 472 g/mol. The highest BCUT2D eigenvalue weighted by Crippen LogP contribution is 2.64. The molecule has 0 radical (unpaired) electrons. The van der Waals surface area contributed by atoms with Crippen molar-refractivity contribution in [2.45, 2.75) is 57.0 Å². The minimum Gasteiger partial charge on any atom is -0.508 e. The Balaban J connectivity index is 1.34. The molecule has 0 bridgehead atoms. The summed E-state index contributed by atoms with van der Waals surface area (Å²) in [6.07, 6.45) is 6.03. The van der Waals surface area contributed by atoms with E-state index in [1.54, 1.807) is 0 Å². The number of phenolic OH excluding ortho intramolecular Hbond substituents is 1. The smallest absolute Gasteiger partial charge is 0.131 e. The number of aliphatic hydroxyl groups is 1. The predicted octanol–water partition coefficient (Wildman–Crippen LogP) is 6.95. The molecule has 0 spiro atoms. The van der Waals surface area contributed by atoms with E-state index in [2.05, 4.69) is 65.0 Å². The van der Waals surface area contributed by atoms with E-state index in [4.69, 9.17) is 0 Å². The molecule has 2 N–H and O–H groups in total. The van der Waals surface area contributed by atoms with Crippen molar-refractivity contribution < 1.29 is 10.2 Å². The van der Waals surface area contributed by atoms with Gasteiger partial charge in [0.2, 0.25) is 0 Å². The van der Waals surface area contributed by atoms with Crippen LogP contribution < -0.4 is 0 Å². The summed E-state index contributed by atoms with van der Waals surface area (Å²) in [5.41, 5.74) is 2.59. The first kappa shape index (κ1) is 21.3. The monoisotopic (exact) mass is 500 g/mol. The highest BCUT2D eigenvalue weighted by Gasteiger charge is 2.61. The zero-order chi connectivity index (χ0) is 22.8. The molecule has 0 unspecified atom stereocenters. The number of fused-ring (bicyclic) bond motifs is 6. The Morgan fingerprint density at radius 2 is 1.79 bits per heavy atom. The van der Waals surface area contributed by atoms with Gasteiger partial charge in [-0.05, 0) is 102 Å². The van der Waals surface area contributed by atoms with E-state index in [9.17, 15) is 10.2 Å². The number of rotatable bonds is 0. The van der Waals surface area contributed by atoms with Crippen molar-refractivity contribution in [3.63, 3.8) is 0 Å². The molecule has 168 valence electrons. The maximum atomic E-state index is 11.9. The summed E-state index contributed by atoms with van der Waals surface area (Å²) in [6, 6.07) is 18.4. The number of hydrogen-bond acceptors (Lipinski definition) is 2. The molecule has 0 amide bonds. The Labute approximate surface area is 204 Å². The van der Waals surface area contributed by atoms with Gasteiger partial charge in [-0.1, -0.05) is 65.0 Å². The van der Waals surface area contributed by atoms with Crippen LogP contribution in [0.3, 0.4) is 0 Å². The van der Waals surface area contributed by atoms with Crippen LogP contribution in [0.25, 0.3) is 10.8 Å². The second kappa shape index (κ2) is 7.62. The quantitative estimate of drug-likeness (QED) is 0.328. The number of halogens is 1. The molecule has 2 fully saturated rings. The molecule has 6 rings (SSSR count). The summed E-state index contributed by atoms with van der Waals surface area (Å²) in [4.78, 5) is 0. The summed E-state index contributed by atoms with van der Waals surface area (Å²) >= 11 is 3.65. The zero-order valence-electron chi connectivity index (χ0n) is 18.9. The second-order valence-electron chi connectivity index (χ2n) is 10.5. The summed E-state index contributed by atoms with van der Waals surface area (Å²) in [6.45, 7) is 2.29. The Morgan fingerprint density at radius 1 is 0.970 bits per heavy atom. The first-order chi connectivity index (χ1) is 15.9. The number of aryl methyl sites for hydroxylation is 1. The maximum Gasteiger partial charge on any atom is 0.131 e. The molecule has 0 saturated heterocycles. The molecule has 3 heteroatoms. The molecule has 3 aliphatic rings. The molecule has 3 aromatic carbocycles. The molecule has 5 atom stereocenters. The van der Waals surface area contributed by atoms with Gasteiger partial charge >= 0.3 is 0 Å². The summed E-state index contributed by atoms with van der Waals surface area (Å²) in [5, 5.41) is 24.1. The second-order valence-corrected chi connectivity index (χ2v) is 11.4. The lowest BCUT2D eigenvalue weighted by Crippen LogP contribution is -2.50. The van der Waals surface area contributed by atoms with Crippen molar-refractivity contribution in [2.75, 3.05) is 0 Å². The lowest BCUT2D eigenvalue weighted by molar-refractivity contribution is -0.0647. The fourth-order valence-corrected chi connectivity index (χ4v) is 7.81. The molecule has 3 aliphatic carbocycles. The molecule has 0 heterocycles. The van der Waals surface area contributed by atoms with Crippen molar-refractivity contribution in [3.05, 3.63) is 75.8 Å². The standard InChI is InChI=1S/C30H29BrO2/c1-29-15-13-24-23-10-8-21(32)18-20(23)6-9-25(24)27(29)14-17-30(29,33)16-12-19-7-11-28(31)26-5-3-2-4-22(19)26/h2-5,7-8,10-11,18,24-25,27,32-33H,6,9,13-15,17H2,1H3/t24-,25-,27+,29+,30+/m1/s1. The van der Waals surface area contributed by atoms with Crippen LogP contribution in [0.5, 0.6) is 5.75 Å².